The first-order valence-electron chi connectivity index (χ1n) is 9.26. The average molecular weight is 367 g/mol. The molecular formula is C20H34O4Si. The zero-order valence-corrected chi connectivity index (χ0v) is 17.3. The molecule has 1 heterocycles. The Morgan fingerprint density at radius 3 is 2.28 bits per heavy atom. The van der Waals surface area contributed by atoms with Gasteiger partial charge in [0.2, 0.25) is 0 Å². The quantitative estimate of drug-likeness (QED) is 0.737. The zero-order chi connectivity index (χ0) is 18.5. The molecule has 0 aromatic heterocycles. The Hall–Kier alpha value is -0.723. The highest BCUT2D eigenvalue weighted by Gasteiger charge is 2.38. The van der Waals surface area contributed by atoms with Crippen molar-refractivity contribution in [2.75, 3.05) is 13.2 Å². The minimum Gasteiger partial charge on any atom is -0.414 e. The Balaban J connectivity index is 1.78. The minimum absolute atomic E-state index is 0.0526. The molecule has 3 atom stereocenters. The number of benzene rings is 1. The van der Waals surface area contributed by atoms with Crippen LogP contribution in [0.3, 0.4) is 0 Å². The number of rotatable bonds is 7. The topological polar surface area (TPSA) is 47.9 Å². The number of ether oxygens (including phenoxy) is 2. The fourth-order valence-electron chi connectivity index (χ4n) is 2.70. The lowest BCUT2D eigenvalue weighted by Crippen LogP contribution is -2.46. The van der Waals surface area contributed by atoms with E-state index < -0.39 is 8.32 Å². The van der Waals surface area contributed by atoms with Crippen LogP contribution in [0.2, 0.25) is 18.1 Å². The first-order chi connectivity index (χ1) is 11.7. The van der Waals surface area contributed by atoms with Crippen LogP contribution in [0.4, 0.5) is 0 Å². The number of aliphatic hydroxyl groups is 1. The molecule has 25 heavy (non-hydrogen) atoms. The molecule has 2 rings (SSSR count). The van der Waals surface area contributed by atoms with E-state index in [0.717, 1.165) is 5.56 Å². The van der Waals surface area contributed by atoms with Crippen LogP contribution >= 0.6 is 0 Å². The predicted molar refractivity (Wildman–Crippen MR) is 103 cm³/mol. The van der Waals surface area contributed by atoms with E-state index in [9.17, 15) is 5.11 Å². The summed E-state index contributed by atoms with van der Waals surface area (Å²) in [6.45, 7) is 12.8. The molecule has 1 aromatic carbocycles. The van der Waals surface area contributed by atoms with Gasteiger partial charge in [-0.1, -0.05) is 51.1 Å². The van der Waals surface area contributed by atoms with Crippen LogP contribution in [-0.2, 0) is 20.5 Å². The van der Waals surface area contributed by atoms with Gasteiger partial charge < -0.3 is 19.0 Å². The largest absolute Gasteiger partial charge is 0.414 e. The standard InChI is InChI=1S/C20H34O4Si/c1-20(2,3)25(4,5)23-15-19-12-17(21)11-18(24-19)14-22-13-16-9-7-6-8-10-16/h6-10,17-19,21H,11-15H2,1-5H3/t17-,18+,19-/m1/s1. The second-order valence-electron chi connectivity index (χ2n) is 8.58. The molecule has 0 radical (unpaired) electrons. The van der Waals surface area contributed by atoms with Crippen LogP contribution in [0.25, 0.3) is 0 Å². The van der Waals surface area contributed by atoms with E-state index in [2.05, 4.69) is 33.9 Å². The molecule has 1 aliphatic rings. The molecule has 0 unspecified atom stereocenters. The summed E-state index contributed by atoms with van der Waals surface area (Å²) in [7, 11) is -1.80. The third kappa shape index (κ3) is 6.50. The number of aliphatic hydroxyl groups excluding tert-OH is 1. The van der Waals surface area contributed by atoms with E-state index in [1.54, 1.807) is 0 Å². The molecule has 0 spiro atoms. The Labute approximate surface area is 153 Å². The maximum atomic E-state index is 10.2. The highest BCUT2D eigenvalue weighted by atomic mass is 28.4. The first kappa shape index (κ1) is 20.6. The zero-order valence-electron chi connectivity index (χ0n) is 16.3. The summed E-state index contributed by atoms with van der Waals surface area (Å²) in [5, 5.41) is 10.4. The molecule has 142 valence electrons. The molecule has 1 aromatic rings. The van der Waals surface area contributed by atoms with Crippen LogP contribution in [0.1, 0.15) is 39.2 Å². The van der Waals surface area contributed by atoms with Crippen LogP contribution in [0, 0.1) is 0 Å². The molecular weight excluding hydrogens is 332 g/mol. The minimum atomic E-state index is -1.80. The number of hydrogen-bond donors (Lipinski definition) is 1. The maximum Gasteiger partial charge on any atom is 0.192 e. The third-order valence-corrected chi connectivity index (χ3v) is 9.81. The Morgan fingerprint density at radius 2 is 1.68 bits per heavy atom. The van der Waals surface area contributed by atoms with E-state index in [0.29, 0.717) is 32.7 Å². The lowest BCUT2D eigenvalue weighted by molar-refractivity contribution is -0.133. The Kier molecular flexibility index (Phi) is 7.23. The fraction of sp³-hybridized carbons (Fsp3) is 0.700. The van der Waals surface area contributed by atoms with Gasteiger partial charge in [-0.3, -0.25) is 0 Å². The molecule has 1 saturated heterocycles. The van der Waals surface area contributed by atoms with Gasteiger partial charge in [0, 0.05) is 12.8 Å². The van der Waals surface area contributed by atoms with E-state index in [1.165, 1.54) is 0 Å². The second kappa shape index (κ2) is 8.78. The van der Waals surface area contributed by atoms with Gasteiger partial charge in [-0.05, 0) is 23.7 Å². The van der Waals surface area contributed by atoms with Crippen molar-refractivity contribution in [2.45, 2.75) is 76.7 Å². The van der Waals surface area contributed by atoms with E-state index in [1.807, 2.05) is 30.3 Å². The van der Waals surface area contributed by atoms with Gasteiger partial charge in [-0.2, -0.15) is 0 Å². The van der Waals surface area contributed by atoms with Crippen molar-refractivity contribution in [1.82, 2.24) is 0 Å². The van der Waals surface area contributed by atoms with Crippen molar-refractivity contribution < 1.29 is 19.0 Å². The van der Waals surface area contributed by atoms with Crippen molar-refractivity contribution in [2.24, 2.45) is 0 Å². The van der Waals surface area contributed by atoms with Crippen molar-refractivity contribution in [3.63, 3.8) is 0 Å². The second-order valence-corrected chi connectivity index (χ2v) is 13.4. The molecule has 0 aliphatic carbocycles. The first-order valence-corrected chi connectivity index (χ1v) is 12.2. The fourth-order valence-corrected chi connectivity index (χ4v) is 3.74. The molecule has 1 N–H and O–H groups in total. The van der Waals surface area contributed by atoms with E-state index >= 15 is 0 Å². The Morgan fingerprint density at radius 1 is 1.08 bits per heavy atom. The summed E-state index contributed by atoms with van der Waals surface area (Å²) in [4.78, 5) is 0. The third-order valence-electron chi connectivity index (χ3n) is 5.31. The van der Waals surface area contributed by atoms with Gasteiger partial charge in [0.05, 0.1) is 38.1 Å². The van der Waals surface area contributed by atoms with E-state index in [-0.39, 0.29) is 23.4 Å². The van der Waals surface area contributed by atoms with Gasteiger partial charge >= 0.3 is 0 Å². The monoisotopic (exact) mass is 366 g/mol. The van der Waals surface area contributed by atoms with Crippen molar-refractivity contribution in [1.29, 1.82) is 0 Å². The van der Waals surface area contributed by atoms with Crippen molar-refractivity contribution in [3.8, 4) is 0 Å². The lowest BCUT2D eigenvalue weighted by Gasteiger charge is -2.39. The lowest BCUT2D eigenvalue weighted by atomic mass is 10.0. The van der Waals surface area contributed by atoms with Crippen LogP contribution < -0.4 is 0 Å². The summed E-state index contributed by atoms with van der Waals surface area (Å²) in [6, 6.07) is 10.1. The van der Waals surface area contributed by atoms with Gasteiger partial charge in [-0.15, -0.1) is 0 Å². The molecule has 1 fully saturated rings. The highest BCUT2D eigenvalue weighted by molar-refractivity contribution is 6.74. The summed E-state index contributed by atoms with van der Waals surface area (Å²) >= 11 is 0. The normalized spacial score (nSPS) is 25.1. The predicted octanol–water partition coefficient (Wildman–Crippen LogP) is 4.13. The van der Waals surface area contributed by atoms with Crippen LogP contribution in [-0.4, -0.2) is 44.9 Å². The summed E-state index contributed by atoms with van der Waals surface area (Å²) < 4.78 is 18.2. The molecule has 4 nitrogen and oxygen atoms in total. The van der Waals surface area contributed by atoms with Crippen LogP contribution in [0.5, 0.6) is 0 Å². The molecule has 5 heteroatoms. The van der Waals surface area contributed by atoms with Gasteiger partial charge in [-0.25, -0.2) is 0 Å². The smallest absolute Gasteiger partial charge is 0.192 e. The summed E-state index contributed by atoms with van der Waals surface area (Å²) in [5.41, 5.74) is 1.15. The molecule has 0 bridgehead atoms. The van der Waals surface area contributed by atoms with Gasteiger partial charge in [0.25, 0.3) is 0 Å². The SMILES string of the molecule is CC(C)(C)[Si](C)(C)OC[C@H]1C[C@H](O)C[C@@H](COCc2ccccc2)O1. The van der Waals surface area contributed by atoms with Crippen LogP contribution in [0.15, 0.2) is 30.3 Å². The maximum absolute atomic E-state index is 10.2. The average Bonchev–Trinajstić information content (AvgIpc) is 2.53. The molecule has 1 aliphatic heterocycles. The summed E-state index contributed by atoms with van der Waals surface area (Å²) in [6.07, 6.45) is 0.811. The van der Waals surface area contributed by atoms with Gasteiger partial charge in [0.1, 0.15) is 0 Å². The van der Waals surface area contributed by atoms with Crippen molar-refractivity contribution in [3.05, 3.63) is 35.9 Å². The van der Waals surface area contributed by atoms with Gasteiger partial charge in [0.15, 0.2) is 8.32 Å². The summed E-state index contributed by atoms with van der Waals surface area (Å²) in [5.74, 6) is 0. The molecule has 0 saturated carbocycles. The number of hydrogen-bond acceptors (Lipinski definition) is 4. The van der Waals surface area contributed by atoms with Crippen molar-refractivity contribution >= 4 is 8.32 Å². The molecule has 0 amide bonds. The van der Waals surface area contributed by atoms with E-state index in [4.69, 9.17) is 13.9 Å². The Bertz CT molecular complexity index is 512. The highest BCUT2D eigenvalue weighted by Crippen LogP contribution is 2.37.